The number of nitrogens with two attached hydrogens (primary N) is 1. The standard InChI is InChI=1S/C16H12ClFN4O4S/c17-8-2-1-3-9(18)13(8)10-6-12(26-22-10)11-7-27-16(20-11)21-14(23)15(24)25-5-4-19/h1-3,6-7H,4-5,19H2,(H,20,21,23). The summed E-state index contributed by atoms with van der Waals surface area (Å²) in [4.78, 5) is 27.2. The van der Waals surface area contributed by atoms with Crippen molar-refractivity contribution in [3.05, 3.63) is 40.5 Å². The molecule has 2 aromatic heterocycles. The van der Waals surface area contributed by atoms with E-state index in [0.717, 1.165) is 11.3 Å². The lowest BCUT2D eigenvalue weighted by molar-refractivity contribution is -0.152. The Balaban J connectivity index is 1.75. The van der Waals surface area contributed by atoms with E-state index in [4.69, 9.17) is 21.9 Å². The molecule has 0 bridgehead atoms. The average Bonchev–Trinajstić information content (AvgIpc) is 3.29. The molecule has 1 aromatic carbocycles. The fourth-order valence-corrected chi connectivity index (χ4v) is 3.02. The molecule has 27 heavy (non-hydrogen) atoms. The fraction of sp³-hybridized carbons (Fsp3) is 0.125. The van der Waals surface area contributed by atoms with Crippen molar-refractivity contribution in [1.82, 2.24) is 10.1 Å². The maximum atomic E-state index is 14.0. The molecule has 11 heteroatoms. The van der Waals surface area contributed by atoms with Crippen LogP contribution in [0.5, 0.6) is 0 Å². The molecule has 0 spiro atoms. The lowest BCUT2D eigenvalue weighted by atomic mass is 10.1. The monoisotopic (exact) mass is 410 g/mol. The first-order valence-corrected chi connectivity index (χ1v) is 8.80. The van der Waals surface area contributed by atoms with Gasteiger partial charge in [-0.1, -0.05) is 22.8 Å². The summed E-state index contributed by atoms with van der Waals surface area (Å²) in [7, 11) is 0. The van der Waals surface area contributed by atoms with Gasteiger partial charge >= 0.3 is 11.9 Å². The molecule has 8 nitrogen and oxygen atoms in total. The average molecular weight is 411 g/mol. The van der Waals surface area contributed by atoms with Crippen LogP contribution in [0.25, 0.3) is 22.7 Å². The molecule has 0 fully saturated rings. The minimum Gasteiger partial charge on any atom is -0.457 e. The van der Waals surface area contributed by atoms with E-state index in [1.807, 2.05) is 0 Å². The highest BCUT2D eigenvalue weighted by molar-refractivity contribution is 7.14. The molecule has 3 rings (SSSR count). The Kier molecular flexibility index (Phi) is 5.79. The third-order valence-electron chi connectivity index (χ3n) is 3.24. The number of hydrogen-bond donors (Lipinski definition) is 2. The number of nitrogens with one attached hydrogen (secondary N) is 1. The van der Waals surface area contributed by atoms with Crippen LogP contribution in [0.15, 0.2) is 34.2 Å². The van der Waals surface area contributed by atoms with Gasteiger partial charge in [-0.05, 0) is 12.1 Å². The molecule has 140 valence electrons. The highest BCUT2D eigenvalue weighted by Gasteiger charge is 2.19. The third-order valence-corrected chi connectivity index (χ3v) is 4.32. The van der Waals surface area contributed by atoms with Crippen molar-refractivity contribution in [2.45, 2.75) is 0 Å². The van der Waals surface area contributed by atoms with Crippen LogP contribution in [0.2, 0.25) is 5.02 Å². The number of esters is 1. The van der Waals surface area contributed by atoms with Crippen molar-refractivity contribution < 1.29 is 23.2 Å². The number of benzene rings is 1. The molecule has 0 saturated carbocycles. The number of anilines is 1. The van der Waals surface area contributed by atoms with Gasteiger partial charge < -0.3 is 15.0 Å². The summed E-state index contributed by atoms with van der Waals surface area (Å²) >= 11 is 7.07. The van der Waals surface area contributed by atoms with Crippen LogP contribution >= 0.6 is 22.9 Å². The quantitative estimate of drug-likeness (QED) is 0.490. The minimum atomic E-state index is -1.06. The van der Waals surface area contributed by atoms with E-state index in [0.29, 0.717) is 5.69 Å². The van der Waals surface area contributed by atoms with Crippen LogP contribution in [0.3, 0.4) is 0 Å². The Morgan fingerprint density at radius 1 is 1.37 bits per heavy atom. The van der Waals surface area contributed by atoms with Gasteiger partial charge in [-0.2, -0.15) is 0 Å². The number of thiazole rings is 1. The summed E-state index contributed by atoms with van der Waals surface area (Å²) in [5.41, 5.74) is 5.85. The van der Waals surface area contributed by atoms with Gasteiger partial charge in [0.25, 0.3) is 0 Å². The van der Waals surface area contributed by atoms with E-state index >= 15 is 0 Å². The normalized spacial score (nSPS) is 10.6. The van der Waals surface area contributed by atoms with Gasteiger partial charge in [-0.25, -0.2) is 14.2 Å². The zero-order valence-electron chi connectivity index (χ0n) is 13.6. The SMILES string of the molecule is NCCOC(=O)C(=O)Nc1nc(-c2cc(-c3c(F)cccc3Cl)no2)cs1. The number of aromatic nitrogens is 2. The number of rotatable bonds is 5. The first kappa shape index (κ1) is 19.0. The molecule has 0 aliphatic rings. The number of carbonyl (C=O) groups excluding carboxylic acids is 2. The molecular weight excluding hydrogens is 399 g/mol. The second-order valence-electron chi connectivity index (χ2n) is 5.09. The molecule has 2 heterocycles. The molecule has 0 radical (unpaired) electrons. The maximum absolute atomic E-state index is 14.0. The molecule has 1 amide bonds. The van der Waals surface area contributed by atoms with Gasteiger partial charge in [0.1, 0.15) is 23.8 Å². The van der Waals surface area contributed by atoms with E-state index in [1.54, 1.807) is 5.38 Å². The molecule has 0 atom stereocenters. The Labute approximate surface area is 161 Å². The molecule has 3 aromatic rings. The highest BCUT2D eigenvalue weighted by atomic mass is 35.5. The van der Waals surface area contributed by atoms with Crippen LogP contribution in [0.1, 0.15) is 0 Å². The predicted molar refractivity (Wildman–Crippen MR) is 96.7 cm³/mol. The topological polar surface area (TPSA) is 120 Å². The number of carbonyl (C=O) groups is 2. The zero-order valence-corrected chi connectivity index (χ0v) is 15.1. The van der Waals surface area contributed by atoms with Gasteiger partial charge in [0.15, 0.2) is 10.9 Å². The Hall–Kier alpha value is -2.82. The van der Waals surface area contributed by atoms with Crippen LogP contribution in [0.4, 0.5) is 9.52 Å². The number of ether oxygens (including phenoxy) is 1. The van der Waals surface area contributed by atoms with E-state index in [9.17, 15) is 14.0 Å². The van der Waals surface area contributed by atoms with Gasteiger partial charge in [-0.3, -0.25) is 10.1 Å². The van der Waals surface area contributed by atoms with Gasteiger partial charge in [-0.15, -0.1) is 11.3 Å². The molecule has 0 saturated heterocycles. The Bertz CT molecular complexity index is 970. The Morgan fingerprint density at radius 2 is 2.19 bits per heavy atom. The van der Waals surface area contributed by atoms with Crippen LogP contribution in [-0.2, 0) is 14.3 Å². The zero-order chi connectivity index (χ0) is 19.4. The van der Waals surface area contributed by atoms with Gasteiger partial charge in [0.05, 0.1) is 10.6 Å². The Morgan fingerprint density at radius 3 is 2.93 bits per heavy atom. The summed E-state index contributed by atoms with van der Waals surface area (Å²) in [6, 6.07) is 5.75. The summed E-state index contributed by atoms with van der Waals surface area (Å²) in [5.74, 6) is -2.33. The van der Waals surface area contributed by atoms with Gasteiger partial charge in [0.2, 0.25) is 0 Å². The van der Waals surface area contributed by atoms with Crippen LogP contribution < -0.4 is 11.1 Å². The lowest BCUT2D eigenvalue weighted by Crippen LogP contribution is -2.26. The predicted octanol–water partition coefficient (Wildman–Crippen LogP) is 2.70. The van der Waals surface area contributed by atoms with E-state index in [1.165, 1.54) is 24.3 Å². The maximum Gasteiger partial charge on any atom is 0.397 e. The third kappa shape index (κ3) is 4.30. The summed E-state index contributed by atoms with van der Waals surface area (Å²) < 4.78 is 23.8. The van der Waals surface area contributed by atoms with Crippen molar-refractivity contribution in [3.8, 4) is 22.7 Å². The minimum absolute atomic E-state index is 0.0607. The highest BCUT2D eigenvalue weighted by Crippen LogP contribution is 2.33. The van der Waals surface area contributed by atoms with Gasteiger partial charge in [0, 0.05) is 18.0 Å². The number of hydrogen-bond acceptors (Lipinski definition) is 8. The molecular formula is C16H12ClFN4O4S. The number of nitrogens with zero attached hydrogens (tertiary/aromatic N) is 2. The van der Waals surface area contributed by atoms with Crippen LogP contribution in [0, 0.1) is 5.82 Å². The number of amides is 1. The summed E-state index contributed by atoms with van der Waals surface area (Å²) in [5, 5.41) is 8.04. The number of halogens is 2. The van der Waals surface area contributed by atoms with E-state index in [2.05, 4.69) is 20.2 Å². The van der Waals surface area contributed by atoms with Crippen molar-refractivity contribution >= 4 is 39.9 Å². The lowest BCUT2D eigenvalue weighted by Gasteiger charge is -2.01. The van der Waals surface area contributed by atoms with Crippen molar-refractivity contribution in [1.29, 1.82) is 0 Å². The summed E-state index contributed by atoms with van der Waals surface area (Å²) in [6.07, 6.45) is 0. The second kappa shape index (κ2) is 8.25. The first-order valence-electron chi connectivity index (χ1n) is 7.54. The van der Waals surface area contributed by atoms with Crippen molar-refractivity contribution in [2.24, 2.45) is 5.73 Å². The van der Waals surface area contributed by atoms with E-state index < -0.39 is 17.7 Å². The molecule has 0 aliphatic heterocycles. The molecule has 0 aliphatic carbocycles. The van der Waals surface area contributed by atoms with E-state index in [-0.39, 0.29) is 40.3 Å². The van der Waals surface area contributed by atoms with Crippen LogP contribution in [-0.4, -0.2) is 35.2 Å². The van der Waals surface area contributed by atoms with Crippen molar-refractivity contribution in [3.63, 3.8) is 0 Å². The smallest absolute Gasteiger partial charge is 0.397 e. The molecule has 3 N–H and O–H groups in total. The second-order valence-corrected chi connectivity index (χ2v) is 6.35. The summed E-state index contributed by atoms with van der Waals surface area (Å²) in [6.45, 7) is 0.0507. The van der Waals surface area contributed by atoms with Crippen molar-refractivity contribution in [2.75, 3.05) is 18.5 Å². The fourth-order valence-electron chi connectivity index (χ4n) is 2.07. The largest absolute Gasteiger partial charge is 0.457 e. The first-order chi connectivity index (χ1) is 13.0. The molecule has 0 unspecified atom stereocenters.